The first-order valence-electron chi connectivity index (χ1n) is 8.20. The minimum Gasteiger partial charge on any atom is -0.454 e. The van der Waals surface area contributed by atoms with Gasteiger partial charge in [-0.3, -0.25) is 4.99 Å². The van der Waals surface area contributed by atoms with Crippen LogP contribution in [0, 0.1) is 5.82 Å². The van der Waals surface area contributed by atoms with Gasteiger partial charge in [-0.15, -0.1) is 24.0 Å². The predicted molar refractivity (Wildman–Crippen MR) is 111 cm³/mol. The van der Waals surface area contributed by atoms with Gasteiger partial charge in [0.1, 0.15) is 5.82 Å². The number of aliphatic imine (C=N–C) groups is 1. The van der Waals surface area contributed by atoms with Gasteiger partial charge in [0, 0.05) is 27.2 Å². The zero-order valence-corrected chi connectivity index (χ0v) is 17.2. The van der Waals surface area contributed by atoms with Crippen molar-refractivity contribution < 1.29 is 13.9 Å². The third-order valence-electron chi connectivity index (χ3n) is 4.02. The Kier molecular flexibility index (Phi) is 7.50. The number of benzene rings is 2. The fourth-order valence-corrected chi connectivity index (χ4v) is 2.78. The first-order chi connectivity index (χ1) is 12.2. The van der Waals surface area contributed by atoms with Crippen LogP contribution in [0.2, 0.25) is 0 Å². The lowest BCUT2D eigenvalue weighted by Crippen LogP contribution is -2.39. The summed E-state index contributed by atoms with van der Waals surface area (Å²) in [4.78, 5) is 6.26. The molecule has 2 aromatic rings. The highest BCUT2D eigenvalue weighted by molar-refractivity contribution is 14.0. The molecule has 5 nitrogen and oxygen atoms in total. The quantitative estimate of drug-likeness (QED) is 0.413. The maximum Gasteiger partial charge on any atom is 0.231 e. The van der Waals surface area contributed by atoms with Crippen molar-refractivity contribution in [1.29, 1.82) is 0 Å². The van der Waals surface area contributed by atoms with Gasteiger partial charge < -0.3 is 19.7 Å². The van der Waals surface area contributed by atoms with Crippen LogP contribution in [0.5, 0.6) is 11.5 Å². The number of ether oxygens (including phenoxy) is 2. The minimum atomic E-state index is -0.225. The zero-order chi connectivity index (χ0) is 17.6. The summed E-state index contributed by atoms with van der Waals surface area (Å²) in [7, 11) is 3.67. The van der Waals surface area contributed by atoms with E-state index in [0.717, 1.165) is 36.0 Å². The molecule has 2 aromatic carbocycles. The van der Waals surface area contributed by atoms with E-state index in [1.165, 1.54) is 17.7 Å². The smallest absolute Gasteiger partial charge is 0.231 e. The molecule has 3 rings (SSSR count). The number of rotatable bonds is 5. The number of halogens is 2. The average Bonchev–Trinajstić information content (AvgIpc) is 3.06. The Hall–Kier alpha value is -2.03. The van der Waals surface area contributed by atoms with Crippen LogP contribution in [0.15, 0.2) is 47.5 Å². The standard InChI is InChI=1S/C19H22FN3O2.HI/c1-21-19(23(2)12-15-4-3-5-16(20)10-15)22-9-8-14-6-7-17-18(11-14)25-13-24-17;/h3-7,10-11H,8-9,12-13H2,1-2H3,(H,21,22);1H. The summed E-state index contributed by atoms with van der Waals surface area (Å²) in [5.41, 5.74) is 2.07. The maximum absolute atomic E-state index is 13.3. The maximum atomic E-state index is 13.3. The van der Waals surface area contributed by atoms with Crippen LogP contribution >= 0.6 is 24.0 Å². The predicted octanol–water partition coefficient (Wildman–Crippen LogP) is 3.42. The summed E-state index contributed by atoms with van der Waals surface area (Å²) < 4.78 is 24.0. The van der Waals surface area contributed by atoms with Gasteiger partial charge in [-0.25, -0.2) is 4.39 Å². The topological polar surface area (TPSA) is 46.1 Å². The molecule has 1 aliphatic heterocycles. The molecule has 0 spiro atoms. The minimum absolute atomic E-state index is 0. The molecule has 0 saturated heterocycles. The molecule has 0 aromatic heterocycles. The van der Waals surface area contributed by atoms with Crippen molar-refractivity contribution in [1.82, 2.24) is 10.2 Å². The molecule has 0 fully saturated rings. The third kappa shape index (κ3) is 5.23. The summed E-state index contributed by atoms with van der Waals surface area (Å²) >= 11 is 0. The lowest BCUT2D eigenvalue weighted by Gasteiger charge is -2.22. The summed E-state index contributed by atoms with van der Waals surface area (Å²) in [6.45, 7) is 1.61. The second kappa shape index (κ2) is 9.61. The van der Waals surface area contributed by atoms with Crippen molar-refractivity contribution in [3.8, 4) is 11.5 Å². The molecule has 1 heterocycles. The number of guanidine groups is 1. The van der Waals surface area contributed by atoms with Crippen molar-refractivity contribution in [3.05, 3.63) is 59.4 Å². The van der Waals surface area contributed by atoms with Crippen LogP contribution in [-0.4, -0.2) is 38.3 Å². The number of hydrogen-bond acceptors (Lipinski definition) is 3. The second-order valence-corrected chi connectivity index (χ2v) is 5.90. The molecular weight excluding hydrogens is 448 g/mol. The van der Waals surface area contributed by atoms with Gasteiger partial charge in [0.2, 0.25) is 6.79 Å². The molecule has 0 bridgehead atoms. The Labute approximate surface area is 170 Å². The van der Waals surface area contributed by atoms with E-state index in [1.54, 1.807) is 13.1 Å². The third-order valence-corrected chi connectivity index (χ3v) is 4.02. The highest BCUT2D eigenvalue weighted by Gasteiger charge is 2.13. The molecule has 0 amide bonds. The molecule has 1 aliphatic rings. The van der Waals surface area contributed by atoms with E-state index >= 15 is 0 Å². The Morgan fingerprint density at radius 2 is 1.96 bits per heavy atom. The van der Waals surface area contributed by atoms with E-state index in [-0.39, 0.29) is 36.6 Å². The normalized spacial score (nSPS) is 12.5. The molecule has 0 unspecified atom stereocenters. The van der Waals surface area contributed by atoms with Gasteiger partial charge in [0.25, 0.3) is 0 Å². The van der Waals surface area contributed by atoms with E-state index in [4.69, 9.17) is 9.47 Å². The zero-order valence-electron chi connectivity index (χ0n) is 14.9. The van der Waals surface area contributed by atoms with E-state index in [0.29, 0.717) is 6.54 Å². The lowest BCUT2D eigenvalue weighted by atomic mass is 10.1. The van der Waals surface area contributed by atoms with Crippen molar-refractivity contribution >= 4 is 29.9 Å². The van der Waals surface area contributed by atoms with Gasteiger partial charge in [0.15, 0.2) is 17.5 Å². The Morgan fingerprint density at radius 1 is 1.15 bits per heavy atom. The molecule has 140 valence electrons. The molecule has 1 N–H and O–H groups in total. The van der Waals surface area contributed by atoms with Crippen LogP contribution in [-0.2, 0) is 13.0 Å². The van der Waals surface area contributed by atoms with Crippen LogP contribution < -0.4 is 14.8 Å². The molecular formula is C19H23FIN3O2. The van der Waals surface area contributed by atoms with Gasteiger partial charge in [0.05, 0.1) is 0 Å². The van der Waals surface area contributed by atoms with Crippen LogP contribution in [0.25, 0.3) is 0 Å². The molecule has 26 heavy (non-hydrogen) atoms. The highest BCUT2D eigenvalue weighted by atomic mass is 127. The van der Waals surface area contributed by atoms with Gasteiger partial charge >= 0.3 is 0 Å². The molecule has 0 atom stereocenters. The van der Waals surface area contributed by atoms with Crippen molar-refractivity contribution in [2.24, 2.45) is 4.99 Å². The highest BCUT2D eigenvalue weighted by Crippen LogP contribution is 2.32. The van der Waals surface area contributed by atoms with Crippen molar-refractivity contribution in [2.45, 2.75) is 13.0 Å². The van der Waals surface area contributed by atoms with E-state index in [9.17, 15) is 4.39 Å². The average molecular weight is 471 g/mol. The Balaban J connectivity index is 0.00000243. The number of fused-ring (bicyclic) bond motifs is 1. The van der Waals surface area contributed by atoms with E-state index in [2.05, 4.69) is 10.3 Å². The summed E-state index contributed by atoms with van der Waals surface area (Å²) in [5, 5.41) is 3.33. The number of nitrogens with one attached hydrogen (secondary N) is 1. The second-order valence-electron chi connectivity index (χ2n) is 5.90. The Morgan fingerprint density at radius 3 is 2.73 bits per heavy atom. The van der Waals surface area contributed by atoms with Crippen LogP contribution in [0.4, 0.5) is 4.39 Å². The summed E-state index contributed by atoms with van der Waals surface area (Å²) in [5.74, 6) is 2.13. The van der Waals surface area contributed by atoms with Gasteiger partial charge in [-0.1, -0.05) is 18.2 Å². The SMILES string of the molecule is CN=C(NCCc1ccc2c(c1)OCO2)N(C)Cc1cccc(F)c1.I. The fraction of sp³-hybridized carbons (Fsp3) is 0.316. The summed E-state index contributed by atoms with van der Waals surface area (Å²) in [6, 6.07) is 12.6. The first kappa shape index (κ1) is 20.3. The fourth-order valence-electron chi connectivity index (χ4n) is 2.78. The lowest BCUT2D eigenvalue weighted by molar-refractivity contribution is 0.174. The molecule has 0 saturated carbocycles. The van der Waals surface area contributed by atoms with Crippen LogP contribution in [0.3, 0.4) is 0 Å². The first-order valence-corrected chi connectivity index (χ1v) is 8.20. The summed E-state index contributed by atoms with van der Waals surface area (Å²) in [6.07, 6.45) is 0.837. The number of nitrogens with zero attached hydrogens (tertiary/aromatic N) is 2. The monoisotopic (exact) mass is 471 g/mol. The van der Waals surface area contributed by atoms with Crippen molar-refractivity contribution in [3.63, 3.8) is 0 Å². The van der Waals surface area contributed by atoms with E-state index < -0.39 is 0 Å². The van der Waals surface area contributed by atoms with Crippen molar-refractivity contribution in [2.75, 3.05) is 27.4 Å². The van der Waals surface area contributed by atoms with E-state index in [1.807, 2.05) is 36.2 Å². The van der Waals surface area contributed by atoms with Gasteiger partial charge in [-0.2, -0.15) is 0 Å². The van der Waals surface area contributed by atoms with Crippen LogP contribution in [0.1, 0.15) is 11.1 Å². The number of hydrogen-bond donors (Lipinski definition) is 1. The molecule has 7 heteroatoms. The largest absolute Gasteiger partial charge is 0.454 e. The molecule has 0 aliphatic carbocycles. The molecule has 0 radical (unpaired) electrons. The van der Waals surface area contributed by atoms with Gasteiger partial charge in [-0.05, 0) is 41.8 Å². The Bertz CT molecular complexity index is 770.